The first-order valence-corrected chi connectivity index (χ1v) is 11.7. The van der Waals surface area contributed by atoms with Gasteiger partial charge in [0.05, 0.1) is 23.6 Å². The fraction of sp³-hybridized carbons (Fsp3) is 0.583. The number of hydrogen-bond acceptors (Lipinski definition) is 6. The van der Waals surface area contributed by atoms with E-state index in [0.29, 0.717) is 44.2 Å². The molecule has 7 nitrogen and oxygen atoms in total. The molecule has 0 spiro atoms. The number of fused-ring (bicyclic) bond motifs is 1. The molecule has 1 aromatic heterocycles. The predicted octanol–water partition coefficient (Wildman–Crippen LogP) is 2.68. The summed E-state index contributed by atoms with van der Waals surface area (Å²) in [7, 11) is 0. The van der Waals surface area contributed by atoms with Crippen molar-refractivity contribution < 1.29 is 9.13 Å². The van der Waals surface area contributed by atoms with E-state index in [-0.39, 0.29) is 23.6 Å². The Balaban J connectivity index is 1.31. The molecule has 2 atom stereocenters. The molecule has 0 amide bonds. The minimum atomic E-state index is -0.144. The number of rotatable bonds is 4. The second kappa shape index (κ2) is 8.83. The molecule has 32 heavy (non-hydrogen) atoms. The maximum atomic E-state index is 14.7. The van der Waals surface area contributed by atoms with Crippen LogP contribution in [0, 0.1) is 5.82 Å². The van der Waals surface area contributed by atoms with E-state index in [1.54, 1.807) is 6.07 Å². The Labute approximate surface area is 188 Å². The Morgan fingerprint density at radius 3 is 2.59 bits per heavy atom. The number of aromatic amines is 1. The van der Waals surface area contributed by atoms with Crippen LogP contribution in [0.3, 0.4) is 0 Å². The van der Waals surface area contributed by atoms with Crippen molar-refractivity contribution in [1.82, 2.24) is 14.9 Å². The topological polar surface area (TPSA) is 64.7 Å². The highest BCUT2D eigenvalue weighted by Crippen LogP contribution is 2.26. The third kappa shape index (κ3) is 4.38. The molecule has 0 saturated carbocycles. The maximum absolute atomic E-state index is 14.7. The number of hydrogen-bond donors (Lipinski definition) is 1. The largest absolute Gasteiger partial charge is 0.372 e. The Morgan fingerprint density at radius 1 is 1.12 bits per heavy atom. The number of H-pyrrole nitrogens is 1. The van der Waals surface area contributed by atoms with Gasteiger partial charge in [0.15, 0.2) is 0 Å². The fourth-order valence-electron chi connectivity index (χ4n) is 5.24. The Kier molecular flexibility index (Phi) is 5.90. The van der Waals surface area contributed by atoms with Crippen LogP contribution in [0.1, 0.15) is 43.5 Å². The van der Waals surface area contributed by atoms with Gasteiger partial charge in [0.2, 0.25) is 5.95 Å². The quantitative estimate of drug-likeness (QED) is 0.787. The molecule has 4 heterocycles. The molecule has 172 valence electrons. The SMILES string of the molecule is C[C@@H]1CN(c2nc3c(c(=O)[nH]2)CCN(Cc2ccc(N4CCCC4)c(F)c2)C3)C[C@@H](C)O1. The summed E-state index contributed by atoms with van der Waals surface area (Å²) in [6, 6.07) is 5.60. The highest BCUT2D eigenvalue weighted by Gasteiger charge is 2.27. The molecule has 2 fully saturated rings. The normalized spacial score (nSPS) is 24.1. The lowest BCUT2D eigenvalue weighted by Crippen LogP contribution is -2.47. The maximum Gasteiger partial charge on any atom is 0.255 e. The number of nitrogens with zero attached hydrogens (tertiary/aromatic N) is 4. The molecule has 1 aromatic carbocycles. The summed E-state index contributed by atoms with van der Waals surface area (Å²) >= 11 is 0. The first-order chi connectivity index (χ1) is 15.5. The number of nitrogens with one attached hydrogen (secondary N) is 1. The van der Waals surface area contributed by atoms with E-state index in [2.05, 4.69) is 19.7 Å². The molecular weight excluding hydrogens is 409 g/mol. The van der Waals surface area contributed by atoms with Crippen molar-refractivity contribution in [2.24, 2.45) is 0 Å². The molecule has 0 bridgehead atoms. The van der Waals surface area contributed by atoms with Crippen LogP contribution >= 0.6 is 0 Å². The summed E-state index contributed by atoms with van der Waals surface area (Å²) in [4.78, 5) is 27.0. The second-order valence-corrected chi connectivity index (χ2v) is 9.42. The lowest BCUT2D eigenvalue weighted by atomic mass is 10.1. The van der Waals surface area contributed by atoms with Crippen molar-refractivity contribution >= 4 is 11.6 Å². The molecule has 8 heteroatoms. The number of benzene rings is 1. The highest BCUT2D eigenvalue weighted by molar-refractivity contribution is 5.50. The Morgan fingerprint density at radius 2 is 1.88 bits per heavy atom. The molecule has 0 unspecified atom stereocenters. The van der Waals surface area contributed by atoms with Gasteiger partial charge in [0, 0.05) is 51.4 Å². The van der Waals surface area contributed by atoms with Gasteiger partial charge in [-0.05, 0) is 50.8 Å². The van der Waals surface area contributed by atoms with E-state index in [4.69, 9.17) is 9.72 Å². The second-order valence-electron chi connectivity index (χ2n) is 9.42. The van der Waals surface area contributed by atoms with E-state index in [1.165, 1.54) is 0 Å². The summed E-state index contributed by atoms with van der Waals surface area (Å²) in [5, 5.41) is 0. The van der Waals surface area contributed by atoms with Crippen LogP contribution in [0.15, 0.2) is 23.0 Å². The van der Waals surface area contributed by atoms with Crippen LogP contribution < -0.4 is 15.4 Å². The molecule has 0 aliphatic carbocycles. The predicted molar refractivity (Wildman–Crippen MR) is 123 cm³/mol. The average Bonchev–Trinajstić information content (AvgIpc) is 3.27. The summed E-state index contributed by atoms with van der Waals surface area (Å²) in [6.07, 6.45) is 3.10. The number of morpholine rings is 1. The van der Waals surface area contributed by atoms with Crippen LogP contribution in [0.5, 0.6) is 0 Å². The van der Waals surface area contributed by atoms with Gasteiger partial charge >= 0.3 is 0 Å². The van der Waals surface area contributed by atoms with E-state index in [9.17, 15) is 9.18 Å². The smallest absolute Gasteiger partial charge is 0.255 e. The third-order valence-electron chi connectivity index (χ3n) is 6.72. The molecule has 0 radical (unpaired) electrons. The van der Waals surface area contributed by atoms with Gasteiger partial charge in [-0.2, -0.15) is 0 Å². The van der Waals surface area contributed by atoms with E-state index >= 15 is 0 Å². The molecule has 5 rings (SSSR count). The first kappa shape index (κ1) is 21.4. The number of anilines is 2. The van der Waals surface area contributed by atoms with Crippen molar-refractivity contribution in [3.8, 4) is 0 Å². The van der Waals surface area contributed by atoms with Gasteiger partial charge in [0.1, 0.15) is 5.82 Å². The molecule has 2 aromatic rings. The molecule has 3 aliphatic rings. The van der Waals surface area contributed by atoms with Crippen molar-refractivity contribution in [3.05, 3.63) is 51.2 Å². The van der Waals surface area contributed by atoms with Crippen molar-refractivity contribution in [3.63, 3.8) is 0 Å². The highest BCUT2D eigenvalue weighted by atomic mass is 19.1. The van der Waals surface area contributed by atoms with Gasteiger partial charge in [-0.25, -0.2) is 9.37 Å². The van der Waals surface area contributed by atoms with Crippen molar-refractivity contribution in [1.29, 1.82) is 0 Å². The number of aromatic nitrogens is 2. The minimum Gasteiger partial charge on any atom is -0.372 e. The molecule has 3 aliphatic heterocycles. The van der Waals surface area contributed by atoms with Crippen LogP contribution in [0.4, 0.5) is 16.0 Å². The summed E-state index contributed by atoms with van der Waals surface area (Å²) in [5.41, 5.74) is 3.22. The van der Waals surface area contributed by atoms with Crippen LogP contribution in [-0.2, 0) is 24.2 Å². The lowest BCUT2D eigenvalue weighted by molar-refractivity contribution is -0.00576. The first-order valence-electron chi connectivity index (χ1n) is 11.7. The third-order valence-corrected chi connectivity index (χ3v) is 6.72. The van der Waals surface area contributed by atoms with Crippen molar-refractivity contribution in [2.45, 2.75) is 58.4 Å². The van der Waals surface area contributed by atoms with Gasteiger partial charge in [-0.1, -0.05) is 6.07 Å². The van der Waals surface area contributed by atoms with Gasteiger partial charge in [-0.3, -0.25) is 14.7 Å². The molecular formula is C24H32FN5O2. The Bertz CT molecular complexity index is 1030. The summed E-state index contributed by atoms with van der Waals surface area (Å²) in [5.74, 6) is 0.479. The van der Waals surface area contributed by atoms with Crippen molar-refractivity contribution in [2.75, 3.05) is 42.5 Å². The number of halogens is 1. The summed E-state index contributed by atoms with van der Waals surface area (Å²) in [6.45, 7) is 9.35. The number of ether oxygens (including phenoxy) is 1. The van der Waals surface area contributed by atoms with Crippen LogP contribution in [-0.4, -0.2) is 59.8 Å². The van der Waals surface area contributed by atoms with Gasteiger partial charge in [0.25, 0.3) is 5.56 Å². The zero-order valence-electron chi connectivity index (χ0n) is 18.9. The van der Waals surface area contributed by atoms with E-state index < -0.39 is 0 Å². The fourth-order valence-corrected chi connectivity index (χ4v) is 5.24. The van der Waals surface area contributed by atoms with E-state index in [1.807, 2.05) is 26.0 Å². The van der Waals surface area contributed by atoms with Crippen LogP contribution in [0.25, 0.3) is 0 Å². The average molecular weight is 442 g/mol. The minimum absolute atomic E-state index is 0.0440. The standard InChI is InChI=1S/C24H32FN5O2/c1-16-12-30(13-17(2)32-16)24-26-21-15-28(10-7-19(21)23(31)27-24)14-18-5-6-22(20(25)11-18)29-8-3-4-9-29/h5-6,11,16-17H,3-4,7-10,12-15H2,1-2H3,(H,26,27,31)/t16-,17-/m1/s1. The Hall–Kier alpha value is -2.45. The van der Waals surface area contributed by atoms with E-state index in [0.717, 1.165) is 49.3 Å². The zero-order chi connectivity index (χ0) is 22.2. The molecule has 2 saturated heterocycles. The van der Waals surface area contributed by atoms with Gasteiger partial charge in [-0.15, -0.1) is 0 Å². The molecule has 1 N–H and O–H groups in total. The summed E-state index contributed by atoms with van der Waals surface area (Å²) < 4.78 is 20.5. The van der Waals surface area contributed by atoms with Gasteiger partial charge < -0.3 is 14.5 Å². The van der Waals surface area contributed by atoms with Crippen LogP contribution in [0.2, 0.25) is 0 Å². The lowest BCUT2D eigenvalue weighted by Gasteiger charge is -2.36. The monoisotopic (exact) mass is 441 g/mol. The zero-order valence-corrected chi connectivity index (χ0v) is 18.9.